The number of nitrogens with one attached hydrogen (secondary N) is 2. The van der Waals surface area contributed by atoms with Gasteiger partial charge < -0.3 is 10.6 Å². The van der Waals surface area contributed by atoms with Crippen LogP contribution in [0.4, 0.5) is 17.1 Å². The lowest BCUT2D eigenvalue weighted by Crippen LogP contribution is -2.25. The maximum absolute atomic E-state index is 12.6. The SMILES string of the molecule is O=C(Nc1ccc(NC2CCCCC2)cc1)c1cccc(N2CCCS2(=O)=O)c1. The molecule has 6 nitrogen and oxygen atoms in total. The molecule has 154 valence electrons. The Bertz CT molecular complexity index is 967. The van der Waals surface area contributed by atoms with Crippen molar-refractivity contribution in [3.05, 3.63) is 54.1 Å². The molecule has 4 rings (SSSR count). The molecule has 0 unspecified atom stereocenters. The Kier molecular flexibility index (Phi) is 5.76. The highest BCUT2D eigenvalue weighted by Gasteiger charge is 2.28. The first-order valence-corrected chi connectivity index (χ1v) is 11.9. The third kappa shape index (κ3) is 4.72. The number of carbonyl (C=O) groups excluding carboxylic acids is 1. The fraction of sp³-hybridized carbons (Fsp3) is 0.409. The molecule has 29 heavy (non-hydrogen) atoms. The number of hydrogen-bond acceptors (Lipinski definition) is 4. The summed E-state index contributed by atoms with van der Waals surface area (Å²) >= 11 is 0. The molecule has 1 amide bonds. The normalized spacial score (nSPS) is 19.1. The highest BCUT2D eigenvalue weighted by Crippen LogP contribution is 2.26. The van der Waals surface area contributed by atoms with E-state index in [2.05, 4.69) is 10.6 Å². The van der Waals surface area contributed by atoms with E-state index in [-0.39, 0.29) is 11.7 Å². The van der Waals surface area contributed by atoms with Crippen LogP contribution in [0.3, 0.4) is 0 Å². The van der Waals surface area contributed by atoms with Gasteiger partial charge >= 0.3 is 0 Å². The van der Waals surface area contributed by atoms with Crippen molar-refractivity contribution in [1.82, 2.24) is 0 Å². The zero-order valence-electron chi connectivity index (χ0n) is 16.4. The Balaban J connectivity index is 1.41. The predicted molar refractivity (Wildman–Crippen MR) is 117 cm³/mol. The average molecular weight is 414 g/mol. The van der Waals surface area contributed by atoms with Crippen molar-refractivity contribution < 1.29 is 13.2 Å². The summed E-state index contributed by atoms with van der Waals surface area (Å²) in [5.41, 5.74) is 2.76. The van der Waals surface area contributed by atoms with Crippen molar-refractivity contribution in [2.45, 2.75) is 44.6 Å². The highest BCUT2D eigenvalue weighted by atomic mass is 32.2. The molecule has 0 spiro atoms. The van der Waals surface area contributed by atoms with E-state index in [1.807, 2.05) is 24.3 Å². The zero-order chi connectivity index (χ0) is 20.3. The number of amides is 1. The van der Waals surface area contributed by atoms with Gasteiger partial charge in [0.2, 0.25) is 10.0 Å². The summed E-state index contributed by atoms with van der Waals surface area (Å²) in [6, 6.07) is 15.1. The van der Waals surface area contributed by atoms with E-state index in [0.29, 0.717) is 35.9 Å². The van der Waals surface area contributed by atoms with Crippen LogP contribution in [0.2, 0.25) is 0 Å². The summed E-state index contributed by atoms with van der Waals surface area (Å²) in [6.07, 6.45) is 6.92. The summed E-state index contributed by atoms with van der Waals surface area (Å²) in [6.45, 7) is 0.461. The van der Waals surface area contributed by atoms with Gasteiger partial charge in [-0.25, -0.2) is 8.42 Å². The fourth-order valence-corrected chi connectivity index (χ4v) is 5.62. The van der Waals surface area contributed by atoms with E-state index in [0.717, 1.165) is 5.69 Å². The molecular formula is C22H27N3O3S. The predicted octanol–water partition coefficient (Wildman–Crippen LogP) is 4.22. The van der Waals surface area contributed by atoms with Crippen LogP contribution in [0.15, 0.2) is 48.5 Å². The molecule has 0 bridgehead atoms. The van der Waals surface area contributed by atoms with Crippen LogP contribution in [-0.4, -0.2) is 32.7 Å². The van der Waals surface area contributed by atoms with Crippen molar-refractivity contribution in [1.29, 1.82) is 0 Å². The summed E-state index contributed by atoms with van der Waals surface area (Å²) in [4.78, 5) is 12.6. The number of anilines is 3. The minimum absolute atomic E-state index is 0.157. The van der Waals surface area contributed by atoms with Crippen LogP contribution >= 0.6 is 0 Å². The molecule has 0 radical (unpaired) electrons. The van der Waals surface area contributed by atoms with Crippen LogP contribution in [0, 0.1) is 0 Å². The van der Waals surface area contributed by atoms with E-state index in [4.69, 9.17) is 0 Å². The number of sulfonamides is 1. The topological polar surface area (TPSA) is 78.5 Å². The number of nitrogens with zero attached hydrogens (tertiary/aromatic N) is 1. The molecule has 2 fully saturated rings. The van der Waals surface area contributed by atoms with Crippen LogP contribution in [0.1, 0.15) is 48.9 Å². The van der Waals surface area contributed by atoms with Crippen LogP contribution < -0.4 is 14.9 Å². The van der Waals surface area contributed by atoms with E-state index >= 15 is 0 Å². The lowest BCUT2D eigenvalue weighted by Gasteiger charge is -2.24. The molecule has 1 aliphatic heterocycles. The van der Waals surface area contributed by atoms with Gasteiger partial charge in [0.25, 0.3) is 5.91 Å². The number of hydrogen-bond donors (Lipinski definition) is 2. The maximum Gasteiger partial charge on any atom is 0.255 e. The molecule has 2 aliphatic rings. The highest BCUT2D eigenvalue weighted by molar-refractivity contribution is 7.93. The van der Waals surface area contributed by atoms with Gasteiger partial charge in [-0.05, 0) is 61.7 Å². The van der Waals surface area contributed by atoms with Gasteiger partial charge in [0.15, 0.2) is 0 Å². The van der Waals surface area contributed by atoms with Gasteiger partial charge in [0, 0.05) is 29.5 Å². The van der Waals surface area contributed by atoms with Crippen LogP contribution in [-0.2, 0) is 10.0 Å². The quantitative estimate of drug-likeness (QED) is 0.769. The van der Waals surface area contributed by atoms with E-state index in [9.17, 15) is 13.2 Å². The Hall–Kier alpha value is -2.54. The Morgan fingerprint density at radius 3 is 2.34 bits per heavy atom. The molecule has 0 aromatic heterocycles. The molecular weight excluding hydrogens is 386 g/mol. The largest absolute Gasteiger partial charge is 0.382 e. The zero-order valence-corrected chi connectivity index (χ0v) is 17.2. The summed E-state index contributed by atoms with van der Waals surface area (Å²) in [5.74, 6) is -0.0959. The number of carbonyl (C=O) groups is 1. The van der Waals surface area contributed by atoms with Gasteiger partial charge in [0.05, 0.1) is 11.4 Å². The third-order valence-electron chi connectivity index (χ3n) is 5.61. The molecule has 2 N–H and O–H groups in total. The molecule has 1 aliphatic carbocycles. The number of rotatable bonds is 5. The van der Waals surface area contributed by atoms with Crippen molar-refractivity contribution in [3.8, 4) is 0 Å². The molecule has 2 aromatic carbocycles. The molecule has 1 saturated heterocycles. The first-order chi connectivity index (χ1) is 14.0. The Morgan fingerprint density at radius 1 is 0.931 bits per heavy atom. The second-order valence-corrected chi connectivity index (χ2v) is 9.82. The summed E-state index contributed by atoms with van der Waals surface area (Å²) in [7, 11) is -3.26. The minimum Gasteiger partial charge on any atom is -0.382 e. The first-order valence-electron chi connectivity index (χ1n) is 10.3. The van der Waals surface area contributed by atoms with E-state index < -0.39 is 10.0 Å². The van der Waals surface area contributed by atoms with Crippen molar-refractivity contribution in [3.63, 3.8) is 0 Å². The van der Waals surface area contributed by atoms with Crippen LogP contribution in [0.25, 0.3) is 0 Å². The van der Waals surface area contributed by atoms with Gasteiger partial charge in [0.1, 0.15) is 0 Å². The molecule has 2 aromatic rings. The average Bonchev–Trinajstić information content (AvgIpc) is 3.09. The second-order valence-electron chi connectivity index (χ2n) is 7.80. The lowest BCUT2D eigenvalue weighted by molar-refractivity contribution is 0.102. The van der Waals surface area contributed by atoms with Crippen molar-refractivity contribution >= 4 is 33.0 Å². The van der Waals surface area contributed by atoms with Crippen molar-refractivity contribution in [2.24, 2.45) is 0 Å². The van der Waals surface area contributed by atoms with Gasteiger partial charge in [-0.1, -0.05) is 25.3 Å². The molecule has 7 heteroatoms. The Labute approximate surface area is 172 Å². The molecule has 1 heterocycles. The summed E-state index contributed by atoms with van der Waals surface area (Å²) in [5, 5.41) is 6.46. The van der Waals surface area contributed by atoms with Gasteiger partial charge in [-0.15, -0.1) is 0 Å². The first kappa shape index (κ1) is 19.8. The summed E-state index contributed by atoms with van der Waals surface area (Å²) < 4.78 is 25.6. The maximum atomic E-state index is 12.6. The van der Waals surface area contributed by atoms with Gasteiger partial charge in [-0.2, -0.15) is 0 Å². The Morgan fingerprint density at radius 2 is 1.66 bits per heavy atom. The second kappa shape index (κ2) is 8.45. The lowest BCUT2D eigenvalue weighted by atomic mass is 9.95. The molecule has 0 atom stereocenters. The smallest absolute Gasteiger partial charge is 0.255 e. The fourth-order valence-electron chi connectivity index (χ4n) is 4.07. The minimum atomic E-state index is -3.26. The van der Waals surface area contributed by atoms with E-state index in [1.54, 1.807) is 24.3 Å². The molecule has 1 saturated carbocycles. The standard InChI is InChI=1S/C22H27N3O3S/c26-22(17-6-4-9-21(16-17)25-14-5-15-29(25,27)28)24-20-12-10-19(11-13-20)23-18-7-2-1-3-8-18/h4,6,9-13,16,18,23H,1-3,5,7-8,14-15H2,(H,24,26). The van der Waals surface area contributed by atoms with Gasteiger partial charge in [-0.3, -0.25) is 9.10 Å². The monoisotopic (exact) mass is 413 g/mol. The third-order valence-corrected chi connectivity index (χ3v) is 7.48. The van der Waals surface area contributed by atoms with Crippen LogP contribution in [0.5, 0.6) is 0 Å². The van der Waals surface area contributed by atoms with Crippen molar-refractivity contribution in [2.75, 3.05) is 27.2 Å². The number of benzene rings is 2. The van der Waals surface area contributed by atoms with E-state index in [1.165, 1.54) is 36.4 Å².